The van der Waals surface area contributed by atoms with Crippen LogP contribution >= 0.6 is 0 Å². The summed E-state index contributed by atoms with van der Waals surface area (Å²) >= 11 is 0. The van der Waals surface area contributed by atoms with E-state index in [0.29, 0.717) is 23.9 Å². The SMILES string of the molecule is CCOc1ccc(-[n+]2noc([O-])c2-c2nnc(-c3ccccc3)o2)cc1. The summed E-state index contributed by atoms with van der Waals surface area (Å²) in [5, 5.41) is 23.9. The summed E-state index contributed by atoms with van der Waals surface area (Å²) in [7, 11) is 0. The fourth-order valence-electron chi connectivity index (χ4n) is 2.47. The number of aromatic nitrogens is 4. The van der Waals surface area contributed by atoms with Crippen molar-refractivity contribution >= 4 is 0 Å². The maximum Gasteiger partial charge on any atom is 0.327 e. The molecule has 0 atom stereocenters. The molecule has 130 valence electrons. The third kappa shape index (κ3) is 2.88. The van der Waals surface area contributed by atoms with Gasteiger partial charge in [0.2, 0.25) is 11.6 Å². The zero-order valence-corrected chi connectivity index (χ0v) is 13.8. The van der Waals surface area contributed by atoms with Crippen LogP contribution in [0.15, 0.2) is 63.5 Å². The van der Waals surface area contributed by atoms with E-state index < -0.39 is 5.95 Å². The van der Waals surface area contributed by atoms with E-state index in [9.17, 15) is 5.11 Å². The molecule has 0 aliphatic heterocycles. The van der Waals surface area contributed by atoms with Crippen LogP contribution in [0.5, 0.6) is 11.7 Å². The molecule has 0 unspecified atom stereocenters. The molecule has 4 rings (SSSR count). The second-order valence-electron chi connectivity index (χ2n) is 5.33. The fourth-order valence-corrected chi connectivity index (χ4v) is 2.47. The van der Waals surface area contributed by atoms with Crippen LogP contribution in [0.2, 0.25) is 0 Å². The van der Waals surface area contributed by atoms with Gasteiger partial charge in [-0.2, -0.15) is 0 Å². The van der Waals surface area contributed by atoms with Gasteiger partial charge in [-0.3, -0.25) is 0 Å². The van der Waals surface area contributed by atoms with Gasteiger partial charge in [0.15, 0.2) is 5.95 Å². The molecule has 0 saturated carbocycles. The predicted molar refractivity (Wildman–Crippen MR) is 87.4 cm³/mol. The normalized spacial score (nSPS) is 10.8. The van der Waals surface area contributed by atoms with Crippen molar-refractivity contribution < 1.29 is 23.5 Å². The van der Waals surface area contributed by atoms with E-state index >= 15 is 0 Å². The average Bonchev–Trinajstić information content (AvgIpc) is 3.30. The lowest BCUT2D eigenvalue weighted by Crippen LogP contribution is -2.34. The van der Waals surface area contributed by atoms with E-state index in [1.165, 1.54) is 4.68 Å². The first-order valence-electron chi connectivity index (χ1n) is 7.98. The van der Waals surface area contributed by atoms with Crippen molar-refractivity contribution in [3.8, 4) is 40.4 Å². The Hall–Kier alpha value is -3.68. The van der Waals surface area contributed by atoms with Crippen molar-refractivity contribution in [2.45, 2.75) is 6.92 Å². The third-order valence-electron chi connectivity index (χ3n) is 3.65. The van der Waals surface area contributed by atoms with Crippen LogP contribution in [0.3, 0.4) is 0 Å². The van der Waals surface area contributed by atoms with Gasteiger partial charge in [0.25, 0.3) is 0 Å². The van der Waals surface area contributed by atoms with Gasteiger partial charge in [0.1, 0.15) is 5.75 Å². The van der Waals surface area contributed by atoms with E-state index in [-0.39, 0.29) is 11.6 Å². The fraction of sp³-hybridized carbons (Fsp3) is 0.111. The number of nitrogens with zero attached hydrogens (tertiary/aromatic N) is 4. The largest absolute Gasteiger partial charge is 0.538 e. The molecule has 0 fully saturated rings. The van der Waals surface area contributed by atoms with E-state index in [1.807, 2.05) is 37.3 Å². The van der Waals surface area contributed by atoms with Crippen molar-refractivity contribution in [3.63, 3.8) is 0 Å². The molecule has 0 amide bonds. The Morgan fingerprint density at radius 3 is 2.46 bits per heavy atom. The summed E-state index contributed by atoms with van der Waals surface area (Å²) in [6.07, 6.45) is 0. The number of hydrogen-bond acceptors (Lipinski definition) is 7. The molecule has 0 saturated heterocycles. The van der Waals surface area contributed by atoms with Gasteiger partial charge in [0.05, 0.1) is 11.9 Å². The Balaban J connectivity index is 1.72. The summed E-state index contributed by atoms with van der Waals surface area (Å²) in [6, 6.07) is 16.3. The highest BCUT2D eigenvalue weighted by Gasteiger charge is 2.28. The van der Waals surface area contributed by atoms with Crippen molar-refractivity contribution in [2.75, 3.05) is 6.61 Å². The van der Waals surface area contributed by atoms with Crippen molar-refractivity contribution in [1.29, 1.82) is 0 Å². The van der Waals surface area contributed by atoms with Crippen LogP contribution in [0.25, 0.3) is 28.7 Å². The van der Waals surface area contributed by atoms with Crippen LogP contribution in [-0.4, -0.2) is 22.1 Å². The van der Waals surface area contributed by atoms with E-state index in [0.717, 1.165) is 5.56 Å². The van der Waals surface area contributed by atoms with E-state index in [4.69, 9.17) is 13.7 Å². The molecule has 0 aliphatic rings. The standard InChI is InChI=1S/C18H14N4O4/c1-2-24-14-10-8-13(9-11-14)22-15(18(23)26-21-22)17-20-19-16(25-17)12-6-4-3-5-7-12/h3-11H,2H2,1H3. The second kappa shape index (κ2) is 6.67. The quantitative estimate of drug-likeness (QED) is 0.508. The number of hydrogen-bond donors (Lipinski definition) is 0. The maximum absolute atomic E-state index is 12.1. The Bertz CT molecular complexity index is 1010. The van der Waals surface area contributed by atoms with Crippen molar-refractivity contribution in [3.05, 3.63) is 54.6 Å². The minimum absolute atomic E-state index is 0.0315. The van der Waals surface area contributed by atoms with Gasteiger partial charge in [-0.1, -0.05) is 18.2 Å². The molecule has 8 heteroatoms. The summed E-state index contributed by atoms with van der Waals surface area (Å²) in [5.74, 6) is 0.388. The molecule has 2 heterocycles. The molecule has 0 aliphatic carbocycles. The molecule has 26 heavy (non-hydrogen) atoms. The van der Waals surface area contributed by atoms with E-state index in [1.54, 1.807) is 24.3 Å². The van der Waals surface area contributed by atoms with Gasteiger partial charge >= 0.3 is 11.6 Å². The lowest BCUT2D eigenvalue weighted by atomic mass is 10.2. The molecule has 2 aromatic carbocycles. The summed E-state index contributed by atoms with van der Waals surface area (Å²) in [6.45, 7) is 2.47. The topological polar surface area (TPSA) is 101 Å². The Morgan fingerprint density at radius 1 is 1.00 bits per heavy atom. The Kier molecular flexibility index (Phi) is 4.06. The minimum Gasteiger partial charge on any atom is -0.538 e. The number of ether oxygens (including phenoxy) is 1. The van der Waals surface area contributed by atoms with Crippen molar-refractivity contribution in [2.24, 2.45) is 0 Å². The monoisotopic (exact) mass is 350 g/mol. The highest BCUT2D eigenvalue weighted by atomic mass is 16.6. The first-order valence-corrected chi connectivity index (χ1v) is 7.98. The number of benzene rings is 2. The van der Waals surface area contributed by atoms with Gasteiger partial charge in [-0.15, -0.1) is 10.2 Å². The summed E-state index contributed by atoms with van der Waals surface area (Å²) in [4.78, 5) is 0. The molecule has 0 bridgehead atoms. The molecule has 2 aromatic heterocycles. The first kappa shape index (κ1) is 15.8. The zero-order valence-electron chi connectivity index (χ0n) is 13.8. The van der Waals surface area contributed by atoms with Crippen molar-refractivity contribution in [1.82, 2.24) is 15.5 Å². The zero-order chi connectivity index (χ0) is 17.9. The lowest BCUT2D eigenvalue weighted by molar-refractivity contribution is -0.660. The summed E-state index contributed by atoms with van der Waals surface area (Å²) in [5.41, 5.74) is 1.42. The smallest absolute Gasteiger partial charge is 0.327 e. The van der Waals surface area contributed by atoms with Crippen LogP contribution in [0.4, 0.5) is 0 Å². The number of rotatable bonds is 5. The molecule has 0 spiro atoms. The van der Waals surface area contributed by atoms with Crippen LogP contribution < -0.4 is 14.5 Å². The Labute approximate surface area is 148 Å². The minimum atomic E-state index is -0.665. The molecular weight excluding hydrogens is 336 g/mol. The average molecular weight is 350 g/mol. The van der Waals surface area contributed by atoms with Crippen LogP contribution in [-0.2, 0) is 0 Å². The molecule has 4 aromatic rings. The van der Waals surface area contributed by atoms with Gasteiger partial charge in [0, 0.05) is 17.7 Å². The van der Waals surface area contributed by atoms with Gasteiger partial charge in [-0.25, -0.2) is 0 Å². The van der Waals surface area contributed by atoms with Crippen LogP contribution in [0.1, 0.15) is 6.92 Å². The molecule has 0 radical (unpaired) electrons. The maximum atomic E-state index is 12.1. The highest BCUT2D eigenvalue weighted by Crippen LogP contribution is 2.26. The molecule has 0 N–H and O–H groups in total. The van der Waals surface area contributed by atoms with Gasteiger partial charge in [-0.05, 0) is 35.9 Å². The lowest BCUT2D eigenvalue weighted by Gasteiger charge is -2.01. The molecule has 8 nitrogen and oxygen atoms in total. The van der Waals surface area contributed by atoms with Gasteiger partial charge < -0.3 is 18.8 Å². The highest BCUT2D eigenvalue weighted by molar-refractivity contribution is 5.56. The second-order valence-corrected chi connectivity index (χ2v) is 5.33. The summed E-state index contributed by atoms with van der Waals surface area (Å²) < 4.78 is 17.2. The van der Waals surface area contributed by atoms with Crippen LogP contribution in [0, 0.1) is 0 Å². The predicted octanol–water partition coefficient (Wildman–Crippen LogP) is 2.14. The van der Waals surface area contributed by atoms with E-state index in [2.05, 4.69) is 15.5 Å². The first-order chi connectivity index (χ1) is 12.8. The molecular formula is C18H14N4O4. The third-order valence-corrected chi connectivity index (χ3v) is 3.65. The Morgan fingerprint density at radius 2 is 1.73 bits per heavy atom.